The molecule has 2 atom stereocenters. The van der Waals surface area contributed by atoms with Gasteiger partial charge in [-0.1, -0.05) is 19.8 Å². The standard InChI is InChI=1S/C15H25N3O2/c1-3-11(2)18-7-6-13(17-18)9-15(10-16,14(19)20)8-12-4-5-12/h6-7,11-12H,3-5,8-10,16H2,1-2H3,(H,19,20). The monoisotopic (exact) mass is 279 g/mol. The van der Waals surface area contributed by atoms with Crippen molar-refractivity contribution in [1.29, 1.82) is 0 Å². The van der Waals surface area contributed by atoms with Crippen molar-refractivity contribution >= 4 is 5.97 Å². The lowest BCUT2D eigenvalue weighted by Crippen LogP contribution is -2.41. The summed E-state index contributed by atoms with van der Waals surface area (Å²) in [6.45, 7) is 4.39. The molecule has 2 rings (SSSR count). The van der Waals surface area contributed by atoms with E-state index in [9.17, 15) is 9.90 Å². The van der Waals surface area contributed by atoms with Crippen LogP contribution < -0.4 is 5.73 Å². The van der Waals surface area contributed by atoms with Crippen LogP contribution in [0.1, 0.15) is 51.3 Å². The molecule has 1 aromatic heterocycles. The predicted octanol–water partition coefficient (Wildman–Crippen LogP) is 2.23. The van der Waals surface area contributed by atoms with Crippen molar-refractivity contribution < 1.29 is 9.90 Å². The van der Waals surface area contributed by atoms with Crippen LogP contribution in [-0.2, 0) is 11.2 Å². The Morgan fingerprint density at radius 1 is 1.65 bits per heavy atom. The van der Waals surface area contributed by atoms with Crippen LogP contribution in [0.3, 0.4) is 0 Å². The van der Waals surface area contributed by atoms with Gasteiger partial charge in [0.2, 0.25) is 0 Å². The maximum atomic E-state index is 11.7. The third-order valence-electron chi connectivity index (χ3n) is 4.45. The molecule has 0 radical (unpaired) electrons. The predicted molar refractivity (Wildman–Crippen MR) is 77.4 cm³/mol. The number of nitrogens with two attached hydrogens (primary N) is 1. The van der Waals surface area contributed by atoms with Crippen LogP contribution in [-0.4, -0.2) is 27.4 Å². The number of carbonyl (C=O) groups is 1. The van der Waals surface area contributed by atoms with Crippen LogP contribution in [0, 0.1) is 11.3 Å². The summed E-state index contributed by atoms with van der Waals surface area (Å²) in [6.07, 6.45) is 6.31. The fourth-order valence-electron chi connectivity index (χ4n) is 2.60. The summed E-state index contributed by atoms with van der Waals surface area (Å²) in [5.41, 5.74) is 5.79. The average molecular weight is 279 g/mol. The first-order valence-electron chi connectivity index (χ1n) is 7.48. The summed E-state index contributed by atoms with van der Waals surface area (Å²) in [7, 11) is 0. The Kier molecular flexibility index (Phi) is 4.48. The van der Waals surface area contributed by atoms with E-state index in [0.29, 0.717) is 24.8 Å². The number of hydrogen-bond acceptors (Lipinski definition) is 3. The third-order valence-corrected chi connectivity index (χ3v) is 4.45. The maximum Gasteiger partial charge on any atom is 0.311 e. The quantitative estimate of drug-likeness (QED) is 0.764. The number of rotatable bonds is 8. The minimum atomic E-state index is -0.851. The van der Waals surface area contributed by atoms with Gasteiger partial charge in [-0.15, -0.1) is 0 Å². The van der Waals surface area contributed by atoms with Gasteiger partial charge >= 0.3 is 5.97 Å². The van der Waals surface area contributed by atoms with E-state index in [-0.39, 0.29) is 6.54 Å². The molecule has 0 spiro atoms. The van der Waals surface area contributed by atoms with Gasteiger partial charge < -0.3 is 10.8 Å². The first-order valence-corrected chi connectivity index (χ1v) is 7.48. The largest absolute Gasteiger partial charge is 0.481 e. The zero-order valence-corrected chi connectivity index (χ0v) is 12.4. The maximum absolute atomic E-state index is 11.7. The summed E-state index contributed by atoms with van der Waals surface area (Å²) in [4.78, 5) is 11.7. The van der Waals surface area contributed by atoms with Gasteiger partial charge in [-0.05, 0) is 31.7 Å². The van der Waals surface area contributed by atoms with E-state index in [1.165, 1.54) is 0 Å². The molecule has 2 unspecified atom stereocenters. The van der Waals surface area contributed by atoms with E-state index < -0.39 is 11.4 Å². The highest BCUT2D eigenvalue weighted by atomic mass is 16.4. The summed E-state index contributed by atoms with van der Waals surface area (Å²) < 4.78 is 1.91. The Morgan fingerprint density at radius 3 is 2.85 bits per heavy atom. The van der Waals surface area contributed by atoms with Crippen molar-refractivity contribution in [2.75, 3.05) is 6.54 Å². The normalized spacial score (nSPS) is 19.6. The Balaban J connectivity index is 2.14. The van der Waals surface area contributed by atoms with E-state index in [1.54, 1.807) is 0 Å². The second-order valence-electron chi connectivity index (χ2n) is 6.16. The van der Waals surface area contributed by atoms with E-state index in [0.717, 1.165) is 25.0 Å². The van der Waals surface area contributed by atoms with Crippen molar-refractivity contribution in [1.82, 2.24) is 9.78 Å². The van der Waals surface area contributed by atoms with E-state index in [4.69, 9.17) is 5.73 Å². The van der Waals surface area contributed by atoms with Crippen molar-refractivity contribution in [3.8, 4) is 0 Å². The molecule has 0 saturated heterocycles. The number of carboxylic acids is 1. The number of aliphatic carboxylic acids is 1. The van der Waals surface area contributed by atoms with Crippen LogP contribution in [0.5, 0.6) is 0 Å². The van der Waals surface area contributed by atoms with Crippen LogP contribution in [0.4, 0.5) is 0 Å². The minimum Gasteiger partial charge on any atom is -0.481 e. The van der Waals surface area contributed by atoms with Gasteiger partial charge in [0.1, 0.15) is 0 Å². The first-order chi connectivity index (χ1) is 9.50. The molecule has 0 aromatic carbocycles. The van der Waals surface area contributed by atoms with Crippen molar-refractivity contribution in [3.63, 3.8) is 0 Å². The minimum absolute atomic E-state index is 0.176. The summed E-state index contributed by atoms with van der Waals surface area (Å²) in [6, 6.07) is 2.26. The topological polar surface area (TPSA) is 81.1 Å². The van der Waals surface area contributed by atoms with Crippen LogP contribution >= 0.6 is 0 Å². The lowest BCUT2D eigenvalue weighted by Gasteiger charge is -2.27. The second kappa shape index (κ2) is 5.95. The molecule has 1 aromatic rings. The van der Waals surface area contributed by atoms with Crippen LogP contribution in [0.2, 0.25) is 0 Å². The van der Waals surface area contributed by atoms with Gasteiger partial charge in [0.25, 0.3) is 0 Å². The zero-order valence-electron chi connectivity index (χ0n) is 12.4. The molecule has 1 aliphatic carbocycles. The SMILES string of the molecule is CCC(C)n1ccc(CC(CN)(CC2CC2)C(=O)O)n1. The molecule has 1 aliphatic rings. The molecule has 20 heavy (non-hydrogen) atoms. The van der Waals surface area contributed by atoms with E-state index in [2.05, 4.69) is 18.9 Å². The van der Waals surface area contributed by atoms with E-state index >= 15 is 0 Å². The van der Waals surface area contributed by atoms with Gasteiger partial charge in [-0.3, -0.25) is 9.48 Å². The molecule has 1 saturated carbocycles. The average Bonchev–Trinajstić information content (AvgIpc) is 3.12. The Morgan fingerprint density at radius 2 is 2.35 bits per heavy atom. The lowest BCUT2D eigenvalue weighted by molar-refractivity contribution is -0.149. The Hall–Kier alpha value is -1.36. The van der Waals surface area contributed by atoms with Gasteiger partial charge in [0.15, 0.2) is 0 Å². The molecule has 0 bridgehead atoms. The molecule has 5 heteroatoms. The molecule has 5 nitrogen and oxygen atoms in total. The molecule has 112 valence electrons. The van der Waals surface area contributed by atoms with Crippen molar-refractivity contribution in [3.05, 3.63) is 18.0 Å². The highest BCUT2D eigenvalue weighted by molar-refractivity contribution is 5.75. The first kappa shape index (κ1) is 15.0. The molecule has 0 aliphatic heterocycles. The second-order valence-corrected chi connectivity index (χ2v) is 6.16. The van der Waals surface area contributed by atoms with Gasteiger partial charge in [-0.2, -0.15) is 5.10 Å². The summed E-state index contributed by atoms with van der Waals surface area (Å²) >= 11 is 0. The Labute approximate surface area is 120 Å². The fraction of sp³-hybridized carbons (Fsp3) is 0.733. The molecule has 1 fully saturated rings. The van der Waals surface area contributed by atoms with Gasteiger partial charge in [-0.25, -0.2) is 0 Å². The highest BCUT2D eigenvalue weighted by Gasteiger charge is 2.42. The number of aromatic nitrogens is 2. The van der Waals surface area contributed by atoms with E-state index in [1.807, 2.05) is 16.9 Å². The smallest absolute Gasteiger partial charge is 0.311 e. The summed E-state index contributed by atoms with van der Waals surface area (Å²) in [5, 5.41) is 14.1. The Bertz CT molecular complexity index is 467. The highest BCUT2D eigenvalue weighted by Crippen LogP contribution is 2.41. The van der Waals surface area contributed by atoms with Gasteiger partial charge in [0, 0.05) is 25.2 Å². The van der Waals surface area contributed by atoms with Crippen LogP contribution in [0.15, 0.2) is 12.3 Å². The number of carboxylic acid groups (broad SMARTS) is 1. The van der Waals surface area contributed by atoms with Gasteiger partial charge in [0.05, 0.1) is 11.1 Å². The lowest BCUT2D eigenvalue weighted by atomic mass is 9.78. The van der Waals surface area contributed by atoms with Crippen LogP contribution in [0.25, 0.3) is 0 Å². The molecule has 0 amide bonds. The number of nitrogens with zero attached hydrogens (tertiary/aromatic N) is 2. The molecule has 1 heterocycles. The zero-order chi connectivity index (χ0) is 14.8. The summed E-state index contributed by atoms with van der Waals surface area (Å²) in [5.74, 6) is -0.253. The van der Waals surface area contributed by atoms with Crippen molar-refractivity contribution in [2.45, 2.75) is 52.0 Å². The number of hydrogen-bond donors (Lipinski definition) is 2. The third kappa shape index (κ3) is 3.20. The van der Waals surface area contributed by atoms with Crippen molar-refractivity contribution in [2.24, 2.45) is 17.1 Å². The fourth-order valence-corrected chi connectivity index (χ4v) is 2.60. The molecule has 3 N–H and O–H groups in total. The molecular formula is C15H25N3O2. The molecular weight excluding hydrogens is 254 g/mol.